The lowest BCUT2D eigenvalue weighted by Gasteiger charge is -2.13. The molecule has 0 atom stereocenters. The van der Waals surface area contributed by atoms with Gasteiger partial charge in [0.1, 0.15) is 24.7 Å². The molecule has 3 aromatic rings. The summed E-state index contributed by atoms with van der Waals surface area (Å²) >= 11 is 0. The molecule has 3 aromatic carbocycles. The second-order valence-corrected chi connectivity index (χ2v) is 6.03. The van der Waals surface area contributed by atoms with Crippen LogP contribution in [0.1, 0.15) is 10.4 Å². The van der Waals surface area contributed by atoms with Gasteiger partial charge in [0.15, 0.2) is 11.5 Å². The van der Waals surface area contributed by atoms with Gasteiger partial charge in [-0.15, -0.1) is 0 Å². The molecule has 0 radical (unpaired) electrons. The Bertz CT molecular complexity index is 943. The van der Waals surface area contributed by atoms with E-state index in [9.17, 15) is 4.79 Å². The van der Waals surface area contributed by atoms with Crippen LogP contribution in [0.2, 0.25) is 0 Å². The van der Waals surface area contributed by atoms with Crippen LogP contribution in [-0.2, 0) is 0 Å². The number of para-hydroxylation sites is 2. The van der Waals surface area contributed by atoms with E-state index in [0.29, 0.717) is 41.7 Å². The van der Waals surface area contributed by atoms with Gasteiger partial charge < -0.3 is 24.3 Å². The first-order valence-electron chi connectivity index (χ1n) is 9.14. The molecule has 0 unspecified atom stereocenters. The van der Waals surface area contributed by atoms with Crippen LogP contribution >= 0.6 is 0 Å². The number of amides is 1. The van der Waals surface area contributed by atoms with Gasteiger partial charge >= 0.3 is 0 Å². The van der Waals surface area contributed by atoms with E-state index in [-0.39, 0.29) is 5.91 Å². The number of ether oxygens (including phenoxy) is 4. The number of anilines is 1. The number of hydrogen-bond acceptors (Lipinski definition) is 5. The molecule has 0 aliphatic rings. The number of benzene rings is 3. The number of carbonyl (C=O) groups is 1. The molecule has 0 fully saturated rings. The Labute approximate surface area is 170 Å². The zero-order chi connectivity index (χ0) is 20.5. The van der Waals surface area contributed by atoms with Crippen molar-refractivity contribution in [1.82, 2.24) is 0 Å². The van der Waals surface area contributed by atoms with Gasteiger partial charge in [-0.1, -0.05) is 30.3 Å². The summed E-state index contributed by atoms with van der Waals surface area (Å²) < 4.78 is 21.9. The van der Waals surface area contributed by atoms with Crippen molar-refractivity contribution in [2.45, 2.75) is 0 Å². The van der Waals surface area contributed by atoms with Crippen molar-refractivity contribution in [1.29, 1.82) is 0 Å². The van der Waals surface area contributed by atoms with E-state index in [1.807, 2.05) is 36.4 Å². The van der Waals surface area contributed by atoms with E-state index in [4.69, 9.17) is 18.9 Å². The molecule has 0 saturated carbocycles. The lowest BCUT2D eigenvalue weighted by Crippen LogP contribution is -2.15. The fraction of sp³-hybridized carbons (Fsp3) is 0.174. The van der Waals surface area contributed by atoms with Crippen LogP contribution in [0.4, 0.5) is 5.69 Å². The van der Waals surface area contributed by atoms with Gasteiger partial charge in [-0.05, 0) is 36.4 Å². The van der Waals surface area contributed by atoms with E-state index >= 15 is 0 Å². The predicted octanol–water partition coefficient (Wildman–Crippen LogP) is 4.41. The molecule has 150 valence electrons. The molecule has 0 aliphatic heterocycles. The van der Waals surface area contributed by atoms with Crippen LogP contribution in [0, 0.1) is 0 Å². The van der Waals surface area contributed by atoms with E-state index in [1.54, 1.807) is 50.6 Å². The summed E-state index contributed by atoms with van der Waals surface area (Å²) in [7, 11) is 3.11. The van der Waals surface area contributed by atoms with E-state index in [2.05, 4.69) is 5.32 Å². The normalized spacial score (nSPS) is 10.1. The standard InChI is InChI=1S/C23H23NO5/c1-26-21-13-12-17(16-22(21)27-2)24-23(25)19-10-6-7-11-20(19)29-15-14-28-18-8-4-3-5-9-18/h3-13,16H,14-15H2,1-2H3,(H,24,25). The Kier molecular flexibility index (Phi) is 6.95. The first-order chi connectivity index (χ1) is 14.2. The van der Waals surface area contributed by atoms with Crippen molar-refractivity contribution >= 4 is 11.6 Å². The molecule has 0 aliphatic carbocycles. The third kappa shape index (κ3) is 5.42. The number of methoxy groups -OCH3 is 2. The van der Waals surface area contributed by atoms with Gasteiger partial charge in [-0.25, -0.2) is 0 Å². The third-order valence-corrected chi connectivity index (χ3v) is 4.13. The largest absolute Gasteiger partial charge is 0.493 e. The molecule has 3 rings (SSSR count). The molecule has 1 N–H and O–H groups in total. The molecule has 0 bridgehead atoms. The summed E-state index contributed by atoms with van der Waals surface area (Å²) in [5.41, 5.74) is 1.02. The second kappa shape index (κ2) is 10.0. The zero-order valence-electron chi connectivity index (χ0n) is 16.4. The summed E-state index contributed by atoms with van der Waals surface area (Å²) in [5.74, 6) is 2.11. The highest BCUT2D eigenvalue weighted by atomic mass is 16.5. The Hall–Kier alpha value is -3.67. The first-order valence-corrected chi connectivity index (χ1v) is 9.14. The highest BCUT2D eigenvalue weighted by Crippen LogP contribution is 2.30. The topological polar surface area (TPSA) is 66.0 Å². The van der Waals surface area contributed by atoms with Crippen molar-refractivity contribution in [2.75, 3.05) is 32.8 Å². The van der Waals surface area contributed by atoms with Crippen LogP contribution in [-0.4, -0.2) is 33.3 Å². The molecule has 0 saturated heterocycles. The third-order valence-electron chi connectivity index (χ3n) is 4.13. The van der Waals surface area contributed by atoms with Gasteiger partial charge in [0.2, 0.25) is 0 Å². The van der Waals surface area contributed by atoms with Gasteiger partial charge in [-0.3, -0.25) is 4.79 Å². The number of rotatable bonds is 9. The van der Waals surface area contributed by atoms with E-state index < -0.39 is 0 Å². The maximum Gasteiger partial charge on any atom is 0.259 e. The molecule has 6 nitrogen and oxygen atoms in total. The molecule has 6 heteroatoms. The lowest BCUT2D eigenvalue weighted by atomic mass is 10.1. The fourth-order valence-corrected chi connectivity index (χ4v) is 2.72. The van der Waals surface area contributed by atoms with Gasteiger partial charge in [0.05, 0.1) is 19.8 Å². The average molecular weight is 393 g/mol. The van der Waals surface area contributed by atoms with Gasteiger partial charge in [-0.2, -0.15) is 0 Å². The summed E-state index contributed by atoms with van der Waals surface area (Å²) in [4.78, 5) is 12.7. The van der Waals surface area contributed by atoms with Crippen LogP contribution in [0.5, 0.6) is 23.0 Å². The summed E-state index contributed by atoms with van der Waals surface area (Å²) in [6.45, 7) is 0.686. The first kappa shape index (κ1) is 20.1. The number of carbonyl (C=O) groups excluding carboxylic acids is 1. The van der Waals surface area contributed by atoms with Crippen molar-refractivity contribution in [2.24, 2.45) is 0 Å². The Morgan fingerprint density at radius 3 is 2.21 bits per heavy atom. The quantitative estimate of drug-likeness (QED) is 0.546. The van der Waals surface area contributed by atoms with Crippen LogP contribution in [0.3, 0.4) is 0 Å². The zero-order valence-corrected chi connectivity index (χ0v) is 16.4. The monoisotopic (exact) mass is 393 g/mol. The maximum absolute atomic E-state index is 12.7. The average Bonchev–Trinajstić information content (AvgIpc) is 2.77. The minimum absolute atomic E-state index is 0.281. The Morgan fingerprint density at radius 1 is 0.759 bits per heavy atom. The minimum atomic E-state index is -0.281. The predicted molar refractivity (Wildman–Crippen MR) is 111 cm³/mol. The Balaban J connectivity index is 1.62. The maximum atomic E-state index is 12.7. The molecular formula is C23H23NO5. The second-order valence-electron chi connectivity index (χ2n) is 6.03. The molecule has 0 heterocycles. The lowest BCUT2D eigenvalue weighted by molar-refractivity contribution is 0.102. The minimum Gasteiger partial charge on any atom is -0.493 e. The smallest absolute Gasteiger partial charge is 0.259 e. The number of nitrogens with one attached hydrogen (secondary N) is 1. The molecular weight excluding hydrogens is 370 g/mol. The summed E-state index contributed by atoms with van der Waals surface area (Å²) in [6.07, 6.45) is 0. The highest BCUT2D eigenvalue weighted by molar-refractivity contribution is 6.06. The summed E-state index contributed by atoms with van der Waals surface area (Å²) in [6, 6.07) is 21.8. The van der Waals surface area contributed by atoms with Crippen molar-refractivity contribution in [3.8, 4) is 23.0 Å². The van der Waals surface area contributed by atoms with Crippen LogP contribution in [0.15, 0.2) is 72.8 Å². The fourth-order valence-electron chi connectivity index (χ4n) is 2.72. The molecule has 0 aromatic heterocycles. The number of hydrogen-bond donors (Lipinski definition) is 1. The van der Waals surface area contributed by atoms with E-state index in [0.717, 1.165) is 5.75 Å². The van der Waals surface area contributed by atoms with Crippen LogP contribution in [0.25, 0.3) is 0 Å². The summed E-state index contributed by atoms with van der Waals surface area (Å²) in [5, 5.41) is 2.86. The van der Waals surface area contributed by atoms with E-state index in [1.165, 1.54) is 0 Å². The molecule has 1 amide bonds. The Morgan fingerprint density at radius 2 is 1.45 bits per heavy atom. The highest BCUT2D eigenvalue weighted by Gasteiger charge is 2.14. The SMILES string of the molecule is COc1ccc(NC(=O)c2ccccc2OCCOc2ccccc2)cc1OC. The van der Waals surface area contributed by atoms with Crippen molar-refractivity contribution in [3.63, 3.8) is 0 Å². The van der Waals surface area contributed by atoms with Crippen molar-refractivity contribution < 1.29 is 23.7 Å². The van der Waals surface area contributed by atoms with Crippen molar-refractivity contribution in [3.05, 3.63) is 78.4 Å². The molecule has 0 spiro atoms. The van der Waals surface area contributed by atoms with Gasteiger partial charge in [0.25, 0.3) is 5.91 Å². The van der Waals surface area contributed by atoms with Gasteiger partial charge in [0, 0.05) is 11.8 Å². The van der Waals surface area contributed by atoms with Crippen LogP contribution < -0.4 is 24.3 Å². The molecule has 29 heavy (non-hydrogen) atoms.